The number of halogens is 1. The van der Waals surface area contributed by atoms with Crippen molar-refractivity contribution in [3.63, 3.8) is 0 Å². The van der Waals surface area contributed by atoms with E-state index in [2.05, 4.69) is 35.9 Å². The van der Waals surface area contributed by atoms with E-state index in [9.17, 15) is 14.0 Å². The smallest absolute Gasteiger partial charge is 0.249 e. The van der Waals surface area contributed by atoms with E-state index in [4.69, 9.17) is 4.98 Å². The molecule has 2 amide bonds. The van der Waals surface area contributed by atoms with Crippen LogP contribution in [-0.2, 0) is 9.59 Å². The quantitative estimate of drug-likeness (QED) is 0.309. The molecule has 0 bridgehead atoms. The minimum Gasteiger partial charge on any atom is -0.341 e. The van der Waals surface area contributed by atoms with Crippen LogP contribution in [0.15, 0.2) is 42.9 Å². The number of pyridine rings is 1. The molecular weight excluding hydrogens is 553 g/mol. The van der Waals surface area contributed by atoms with Crippen molar-refractivity contribution < 1.29 is 14.0 Å². The van der Waals surface area contributed by atoms with Crippen LogP contribution in [0.3, 0.4) is 0 Å². The van der Waals surface area contributed by atoms with Crippen LogP contribution in [0.2, 0.25) is 0 Å². The topological polar surface area (TPSA) is 150 Å². The molecule has 43 heavy (non-hydrogen) atoms. The molecular formula is C29H34FN11O2. The third-order valence-electron chi connectivity index (χ3n) is 8.27. The van der Waals surface area contributed by atoms with Crippen molar-refractivity contribution in [3.05, 3.63) is 65.6 Å². The Kier molecular flexibility index (Phi) is 6.86. The zero-order valence-electron chi connectivity index (χ0n) is 24.7. The summed E-state index contributed by atoms with van der Waals surface area (Å²) in [7, 11) is 0. The van der Waals surface area contributed by atoms with Gasteiger partial charge < -0.3 is 20.4 Å². The average Bonchev–Trinajstić information content (AvgIpc) is 3.59. The number of aryl methyl sites for hydroxylation is 2. The van der Waals surface area contributed by atoms with Gasteiger partial charge in [-0.2, -0.15) is 15.2 Å². The Labute approximate surface area is 247 Å². The maximum atomic E-state index is 14.3. The summed E-state index contributed by atoms with van der Waals surface area (Å²) in [5.41, 5.74) is 0.337. The maximum Gasteiger partial charge on any atom is 0.249 e. The molecule has 2 saturated heterocycles. The summed E-state index contributed by atoms with van der Waals surface area (Å²) in [4.78, 5) is 45.3. The molecule has 1 spiro atoms. The summed E-state index contributed by atoms with van der Waals surface area (Å²) in [6, 6.07) is 6.83. The monoisotopic (exact) mass is 587 g/mol. The number of aromatic nitrogens is 7. The second kappa shape index (κ2) is 10.4. The minimum atomic E-state index is -1.09. The van der Waals surface area contributed by atoms with Gasteiger partial charge in [0.25, 0.3) is 0 Å². The fraction of sp³-hybridized carbons (Fsp3) is 0.414. The van der Waals surface area contributed by atoms with Crippen molar-refractivity contribution >= 4 is 29.4 Å². The number of piperazine rings is 1. The number of rotatable bonds is 6. The van der Waals surface area contributed by atoms with Crippen molar-refractivity contribution in [3.8, 4) is 5.82 Å². The number of amides is 2. The predicted molar refractivity (Wildman–Crippen MR) is 156 cm³/mol. The van der Waals surface area contributed by atoms with Crippen LogP contribution >= 0.6 is 0 Å². The molecule has 0 aliphatic carbocycles. The molecule has 0 saturated carbocycles. The van der Waals surface area contributed by atoms with Crippen molar-refractivity contribution in [1.82, 2.24) is 45.1 Å². The largest absolute Gasteiger partial charge is 0.341 e. The van der Waals surface area contributed by atoms with E-state index in [-0.39, 0.29) is 11.8 Å². The molecule has 2 aliphatic heterocycles. The Morgan fingerprint density at radius 2 is 1.81 bits per heavy atom. The Morgan fingerprint density at radius 1 is 1.05 bits per heavy atom. The van der Waals surface area contributed by atoms with Crippen LogP contribution < -0.4 is 15.5 Å². The lowest BCUT2D eigenvalue weighted by Crippen LogP contribution is -2.76. The molecule has 0 radical (unpaired) electrons. The standard InChI is InChI=1S/C29H34FN11O2/c1-17-12-22(34-23-13-18(2)37-38-23)35-27(33-17)39-10-8-29(9-11-39)26(43)41(28(4,5)25(42)36-29)19(3)20-6-7-24(31-14-20)40-16-21(30)15-32-40/h6-7,12-16,19H,8-11H2,1-5H3,(H,36,42)(H2,33,34,35,37,38)/t19-/m0/s1. The highest BCUT2D eigenvalue weighted by Crippen LogP contribution is 2.39. The van der Waals surface area contributed by atoms with Gasteiger partial charge in [-0.1, -0.05) is 6.07 Å². The molecule has 3 N–H and O–H groups in total. The van der Waals surface area contributed by atoms with Gasteiger partial charge >= 0.3 is 0 Å². The van der Waals surface area contributed by atoms with E-state index < -0.39 is 22.9 Å². The molecule has 2 fully saturated rings. The highest BCUT2D eigenvalue weighted by molar-refractivity contribution is 6.02. The molecule has 1 atom stereocenters. The van der Waals surface area contributed by atoms with Crippen LogP contribution in [0.5, 0.6) is 0 Å². The van der Waals surface area contributed by atoms with Crippen LogP contribution in [0.1, 0.15) is 56.6 Å². The Hall–Kier alpha value is -4.88. The van der Waals surface area contributed by atoms with Crippen LogP contribution in [0.25, 0.3) is 5.82 Å². The first-order valence-electron chi connectivity index (χ1n) is 14.2. The van der Waals surface area contributed by atoms with E-state index in [0.717, 1.165) is 23.1 Å². The normalized spacial score (nSPS) is 18.6. The van der Waals surface area contributed by atoms with Crippen molar-refractivity contribution in [2.24, 2.45) is 0 Å². The van der Waals surface area contributed by atoms with Gasteiger partial charge in [0, 0.05) is 42.8 Å². The summed E-state index contributed by atoms with van der Waals surface area (Å²) >= 11 is 0. The number of aromatic amines is 1. The maximum absolute atomic E-state index is 14.3. The highest BCUT2D eigenvalue weighted by atomic mass is 19.1. The van der Waals surface area contributed by atoms with Crippen LogP contribution in [0, 0.1) is 19.7 Å². The molecule has 224 valence electrons. The number of nitrogens with one attached hydrogen (secondary N) is 3. The number of H-pyrrole nitrogens is 1. The van der Waals surface area contributed by atoms with E-state index in [0.29, 0.717) is 49.3 Å². The van der Waals surface area contributed by atoms with Gasteiger partial charge in [0.15, 0.2) is 17.5 Å². The summed E-state index contributed by atoms with van der Waals surface area (Å²) in [6.07, 6.45) is 4.78. The van der Waals surface area contributed by atoms with E-state index >= 15 is 0 Å². The molecule has 6 rings (SSSR count). The Morgan fingerprint density at radius 3 is 2.44 bits per heavy atom. The number of anilines is 3. The van der Waals surface area contributed by atoms with Crippen molar-refractivity contribution in [2.75, 3.05) is 23.3 Å². The van der Waals surface area contributed by atoms with Crippen molar-refractivity contribution in [1.29, 1.82) is 0 Å². The van der Waals surface area contributed by atoms with Gasteiger partial charge in [-0.25, -0.2) is 19.0 Å². The molecule has 0 aromatic carbocycles. The molecule has 6 heterocycles. The van der Waals surface area contributed by atoms with E-state index in [1.807, 2.05) is 43.9 Å². The van der Waals surface area contributed by atoms with Gasteiger partial charge in [0.2, 0.25) is 17.8 Å². The summed E-state index contributed by atoms with van der Waals surface area (Å²) in [5, 5.41) is 17.4. The van der Waals surface area contributed by atoms with Gasteiger partial charge in [0.1, 0.15) is 16.9 Å². The zero-order chi connectivity index (χ0) is 30.5. The van der Waals surface area contributed by atoms with Crippen LogP contribution in [-0.4, -0.2) is 75.8 Å². The summed E-state index contributed by atoms with van der Waals surface area (Å²) < 4.78 is 14.8. The Bertz CT molecular complexity index is 1670. The van der Waals surface area contributed by atoms with Gasteiger partial charge in [-0.05, 0) is 59.1 Å². The van der Waals surface area contributed by atoms with Gasteiger partial charge in [0.05, 0.1) is 18.4 Å². The number of hydrogen-bond donors (Lipinski definition) is 3. The second-order valence-corrected chi connectivity index (χ2v) is 11.7. The molecule has 2 aliphatic rings. The van der Waals surface area contributed by atoms with E-state index in [1.165, 1.54) is 10.9 Å². The lowest BCUT2D eigenvalue weighted by molar-refractivity contribution is -0.165. The molecule has 4 aromatic heterocycles. The molecule has 13 nitrogen and oxygen atoms in total. The first kappa shape index (κ1) is 28.2. The first-order valence-corrected chi connectivity index (χ1v) is 14.2. The number of hydrogen-bond acceptors (Lipinski definition) is 9. The fourth-order valence-electron chi connectivity index (χ4n) is 5.83. The van der Waals surface area contributed by atoms with Crippen molar-refractivity contribution in [2.45, 2.75) is 64.6 Å². The number of carbonyl (C=O) groups is 2. The highest BCUT2D eigenvalue weighted by Gasteiger charge is 2.56. The number of carbonyl (C=O) groups excluding carboxylic acids is 2. The predicted octanol–water partition coefficient (Wildman–Crippen LogP) is 3.12. The second-order valence-electron chi connectivity index (χ2n) is 11.7. The SMILES string of the molecule is Cc1cc(Nc2cc(C)[nH]n2)nc(N2CCC3(CC2)NC(=O)C(C)(C)N([C@@H](C)c2ccc(-n4cc(F)cn4)nc2)C3=O)n1. The van der Waals surface area contributed by atoms with Gasteiger partial charge in [-0.15, -0.1) is 0 Å². The number of piperidine rings is 1. The number of nitrogens with zero attached hydrogens (tertiary/aromatic N) is 8. The Balaban J connectivity index is 1.21. The molecule has 4 aromatic rings. The fourth-order valence-corrected chi connectivity index (χ4v) is 5.83. The minimum absolute atomic E-state index is 0.135. The first-order chi connectivity index (χ1) is 20.4. The van der Waals surface area contributed by atoms with Gasteiger partial charge in [-0.3, -0.25) is 14.7 Å². The van der Waals surface area contributed by atoms with Crippen LogP contribution in [0.4, 0.5) is 22.0 Å². The third kappa shape index (κ3) is 5.17. The summed E-state index contributed by atoms with van der Waals surface area (Å²) in [6.45, 7) is 10.2. The lowest BCUT2D eigenvalue weighted by atomic mass is 9.79. The van der Waals surface area contributed by atoms with E-state index in [1.54, 1.807) is 31.0 Å². The molecule has 0 unspecified atom stereocenters. The molecule has 14 heteroatoms. The lowest BCUT2D eigenvalue weighted by Gasteiger charge is -2.54. The average molecular weight is 588 g/mol. The zero-order valence-corrected chi connectivity index (χ0v) is 24.7. The summed E-state index contributed by atoms with van der Waals surface area (Å²) in [5.74, 6) is 1.47. The third-order valence-corrected chi connectivity index (χ3v) is 8.27.